The number of benzene rings is 1. The minimum absolute atomic E-state index is 0.146. The number of amides is 3. The lowest BCUT2D eigenvalue weighted by atomic mass is 10.1. The molecule has 256 valence electrons. The third kappa shape index (κ3) is 23.1. The zero-order valence-corrected chi connectivity index (χ0v) is 28.5. The summed E-state index contributed by atoms with van der Waals surface area (Å²) in [6.07, 6.45) is 27.3. The number of unbranched alkanes of at least 4 members (excludes halogenated alkanes) is 20. The molecular formula is C37H63N3O5. The molecule has 1 aromatic carbocycles. The Labute approximate surface area is 273 Å². The van der Waals surface area contributed by atoms with Crippen LogP contribution in [0.25, 0.3) is 0 Å². The molecular weight excluding hydrogens is 566 g/mol. The number of anilines is 2. The van der Waals surface area contributed by atoms with Crippen molar-refractivity contribution in [2.45, 2.75) is 168 Å². The van der Waals surface area contributed by atoms with Crippen molar-refractivity contribution in [1.29, 1.82) is 0 Å². The Balaban J connectivity index is 2.47. The minimum atomic E-state index is -1.15. The molecule has 0 bridgehead atoms. The standard InChI is InChI=1S/C37H63N3O5/c1-3-5-7-9-11-13-15-17-19-21-23-25-34(41)39-32-27-31(37(45)38-30-36(43)44)28-33(29-32)40-35(42)26-24-22-20-18-16-14-12-10-8-6-4-2/h27-29H,3-26,30H2,1-2H3,(H,38,45)(H,39,41)(H,40,42)(H,43,44). The van der Waals surface area contributed by atoms with E-state index in [2.05, 4.69) is 29.8 Å². The summed E-state index contributed by atoms with van der Waals surface area (Å²) in [5.41, 5.74) is 0.973. The van der Waals surface area contributed by atoms with Gasteiger partial charge in [-0.05, 0) is 31.0 Å². The first-order valence-electron chi connectivity index (χ1n) is 18.1. The van der Waals surface area contributed by atoms with Gasteiger partial charge < -0.3 is 21.1 Å². The molecule has 0 atom stereocenters. The van der Waals surface area contributed by atoms with E-state index >= 15 is 0 Å². The summed E-state index contributed by atoms with van der Waals surface area (Å²) >= 11 is 0. The molecule has 0 aliphatic carbocycles. The van der Waals surface area contributed by atoms with Crippen molar-refractivity contribution in [1.82, 2.24) is 5.32 Å². The van der Waals surface area contributed by atoms with E-state index in [1.54, 1.807) is 6.07 Å². The third-order valence-electron chi connectivity index (χ3n) is 8.18. The fourth-order valence-corrected chi connectivity index (χ4v) is 5.51. The number of carbonyl (C=O) groups is 4. The van der Waals surface area contributed by atoms with Crippen molar-refractivity contribution in [3.05, 3.63) is 23.8 Å². The van der Waals surface area contributed by atoms with Gasteiger partial charge in [0.15, 0.2) is 0 Å². The predicted octanol–water partition coefficient (Wildman–Crippen LogP) is 9.78. The number of carboxylic acids is 1. The Morgan fingerprint density at radius 1 is 0.511 bits per heavy atom. The monoisotopic (exact) mass is 629 g/mol. The second kappa shape index (κ2) is 27.4. The van der Waals surface area contributed by atoms with Gasteiger partial charge in [-0.3, -0.25) is 19.2 Å². The molecule has 0 saturated heterocycles. The van der Waals surface area contributed by atoms with Crippen LogP contribution in [-0.4, -0.2) is 35.3 Å². The van der Waals surface area contributed by atoms with E-state index in [-0.39, 0.29) is 17.4 Å². The summed E-state index contributed by atoms with van der Waals surface area (Å²) in [7, 11) is 0. The third-order valence-corrected chi connectivity index (χ3v) is 8.18. The lowest BCUT2D eigenvalue weighted by molar-refractivity contribution is -0.135. The smallest absolute Gasteiger partial charge is 0.322 e. The number of nitrogens with one attached hydrogen (secondary N) is 3. The summed E-state index contributed by atoms with van der Waals surface area (Å²) < 4.78 is 0. The Hall–Kier alpha value is -2.90. The van der Waals surface area contributed by atoms with Crippen molar-refractivity contribution >= 4 is 35.1 Å². The van der Waals surface area contributed by atoms with Crippen LogP contribution in [0.5, 0.6) is 0 Å². The molecule has 8 nitrogen and oxygen atoms in total. The Morgan fingerprint density at radius 2 is 0.844 bits per heavy atom. The summed E-state index contributed by atoms with van der Waals surface area (Å²) in [4.78, 5) is 48.8. The van der Waals surface area contributed by atoms with Crippen LogP contribution in [-0.2, 0) is 14.4 Å². The fourth-order valence-electron chi connectivity index (χ4n) is 5.51. The van der Waals surface area contributed by atoms with Crippen LogP contribution in [0.2, 0.25) is 0 Å². The summed E-state index contributed by atoms with van der Waals surface area (Å²) in [5.74, 6) is -2.03. The van der Waals surface area contributed by atoms with Crippen molar-refractivity contribution in [2.75, 3.05) is 17.2 Å². The van der Waals surface area contributed by atoms with Crippen molar-refractivity contribution < 1.29 is 24.3 Å². The minimum Gasteiger partial charge on any atom is -0.480 e. The Bertz CT molecular complexity index is 907. The highest BCUT2D eigenvalue weighted by Crippen LogP contribution is 2.21. The maximum Gasteiger partial charge on any atom is 0.322 e. The molecule has 8 heteroatoms. The van der Waals surface area contributed by atoms with Crippen LogP contribution in [0.15, 0.2) is 18.2 Å². The molecule has 1 rings (SSSR count). The van der Waals surface area contributed by atoms with E-state index in [0.29, 0.717) is 24.2 Å². The number of hydrogen-bond acceptors (Lipinski definition) is 4. The van der Waals surface area contributed by atoms with E-state index in [1.807, 2.05) is 0 Å². The fraction of sp³-hybridized carbons (Fsp3) is 0.730. The molecule has 0 saturated carbocycles. The molecule has 0 aliphatic heterocycles. The van der Waals surface area contributed by atoms with E-state index in [4.69, 9.17) is 5.11 Å². The number of rotatable bonds is 29. The second-order valence-corrected chi connectivity index (χ2v) is 12.5. The van der Waals surface area contributed by atoms with Crippen LogP contribution in [0.1, 0.15) is 178 Å². The maximum absolute atomic E-state index is 12.7. The lowest BCUT2D eigenvalue weighted by Crippen LogP contribution is -2.29. The van der Waals surface area contributed by atoms with Crippen molar-refractivity contribution in [3.63, 3.8) is 0 Å². The van der Waals surface area contributed by atoms with Gasteiger partial charge in [0.1, 0.15) is 6.54 Å². The summed E-state index contributed by atoms with van der Waals surface area (Å²) in [6, 6.07) is 4.66. The van der Waals surface area contributed by atoms with Gasteiger partial charge in [-0.25, -0.2) is 0 Å². The Morgan fingerprint density at radius 3 is 1.18 bits per heavy atom. The maximum atomic E-state index is 12.7. The average molecular weight is 630 g/mol. The highest BCUT2D eigenvalue weighted by Gasteiger charge is 2.13. The summed E-state index contributed by atoms with van der Waals surface area (Å²) in [5, 5.41) is 17.0. The molecule has 3 amide bonds. The van der Waals surface area contributed by atoms with Gasteiger partial charge in [-0.15, -0.1) is 0 Å². The normalized spacial score (nSPS) is 10.9. The predicted molar refractivity (Wildman–Crippen MR) is 186 cm³/mol. The molecule has 1 aromatic rings. The lowest BCUT2D eigenvalue weighted by Gasteiger charge is -2.12. The summed E-state index contributed by atoms with van der Waals surface area (Å²) in [6.45, 7) is 3.95. The largest absolute Gasteiger partial charge is 0.480 e. The number of hydrogen-bond donors (Lipinski definition) is 4. The molecule has 0 heterocycles. The number of carbonyl (C=O) groups excluding carboxylic acids is 3. The van der Waals surface area contributed by atoms with E-state index in [9.17, 15) is 19.2 Å². The number of aliphatic carboxylic acids is 1. The molecule has 4 N–H and O–H groups in total. The molecule has 0 fully saturated rings. The van der Waals surface area contributed by atoms with Crippen molar-refractivity contribution in [2.24, 2.45) is 0 Å². The molecule has 0 aliphatic rings. The van der Waals surface area contributed by atoms with Crippen LogP contribution in [0, 0.1) is 0 Å². The zero-order valence-electron chi connectivity index (χ0n) is 28.5. The van der Waals surface area contributed by atoms with Gasteiger partial charge in [0.2, 0.25) is 11.8 Å². The van der Waals surface area contributed by atoms with Gasteiger partial charge in [-0.2, -0.15) is 0 Å². The first kappa shape index (κ1) is 40.1. The molecule has 45 heavy (non-hydrogen) atoms. The highest BCUT2D eigenvalue weighted by molar-refractivity contribution is 6.01. The van der Waals surface area contributed by atoms with Crippen molar-refractivity contribution in [3.8, 4) is 0 Å². The zero-order chi connectivity index (χ0) is 33.0. The molecule has 0 radical (unpaired) electrons. The van der Waals surface area contributed by atoms with Gasteiger partial charge in [-0.1, -0.05) is 142 Å². The second-order valence-electron chi connectivity index (χ2n) is 12.5. The first-order chi connectivity index (χ1) is 21.8. The topological polar surface area (TPSA) is 125 Å². The van der Waals surface area contributed by atoms with Crippen LogP contribution < -0.4 is 16.0 Å². The highest BCUT2D eigenvalue weighted by atomic mass is 16.4. The first-order valence-corrected chi connectivity index (χ1v) is 18.1. The van der Waals surface area contributed by atoms with E-state index < -0.39 is 18.4 Å². The molecule has 0 spiro atoms. The average Bonchev–Trinajstić information content (AvgIpc) is 3.01. The SMILES string of the molecule is CCCCCCCCCCCCCC(=O)Nc1cc(NC(=O)CCCCCCCCCCCCC)cc(C(=O)NCC(=O)O)c1. The van der Waals surface area contributed by atoms with E-state index in [1.165, 1.54) is 115 Å². The van der Waals surface area contributed by atoms with Gasteiger partial charge in [0.25, 0.3) is 5.91 Å². The van der Waals surface area contributed by atoms with Crippen LogP contribution in [0.4, 0.5) is 11.4 Å². The van der Waals surface area contributed by atoms with Gasteiger partial charge in [0.05, 0.1) is 0 Å². The van der Waals surface area contributed by atoms with E-state index in [0.717, 1.165) is 38.5 Å². The van der Waals surface area contributed by atoms with Gasteiger partial charge in [0, 0.05) is 29.8 Å². The van der Waals surface area contributed by atoms with Crippen LogP contribution >= 0.6 is 0 Å². The molecule has 0 unspecified atom stereocenters. The Kier molecular flexibility index (Phi) is 24.4. The number of carboxylic acid groups (broad SMARTS) is 1. The van der Waals surface area contributed by atoms with Crippen LogP contribution in [0.3, 0.4) is 0 Å². The quantitative estimate of drug-likeness (QED) is 0.0657. The molecule has 0 aromatic heterocycles. The van der Waals surface area contributed by atoms with Gasteiger partial charge >= 0.3 is 5.97 Å².